The Hall–Kier alpha value is -3.22. The Morgan fingerprint density at radius 1 is 1.08 bits per heavy atom. The summed E-state index contributed by atoms with van der Waals surface area (Å²) in [6.45, 7) is 3.12. The lowest BCUT2D eigenvalue weighted by atomic mass is 10.2. The zero-order chi connectivity index (χ0) is 17.7. The summed E-state index contributed by atoms with van der Waals surface area (Å²) < 4.78 is 22.5. The maximum Gasteiger partial charge on any atom is 0.257 e. The van der Waals surface area contributed by atoms with Gasteiger partial charge in [0.1, 0.15) is 23.2 Å². The van der Waals surface area contributed by atoms with Crippen LogP contribution >= 0.6 is 0 Å². The van der Waals surface area contributed by atoms with Gasteiger partial charge in [0.05, 0.1) is 23.2 Å². The number of hydrogen-bond donors (Lipinski definition) is 0. The van der Waals surface area contributed by atoms with Crippen molar-refractivity contribution in [2.24, 2.45) is 0 Å². The highest BCUT2D eigenvalue weighted by atomic mass is 19.1. The van der Waals surface area contributed by atoms with E-state index in [4.69, 9.17) is 4.74 Å². The number of rotatable bonds is 1. The summed E-state index contributed by atoms with van der Waals surface area (Å²) in [5, 5.41) is 8.72. The summed E-state index contributed by atoms with van der Waals surface area (Å²) in [7, 11) is 0. The van der Waals surface area contributed by atoms with Crippen molar-refractivity contribution in [1.29, 1.82) is 0 Å². The minimum atomic E-state index is -0.317. The fraction of sp³-hybridized carbons (Fsp3) is 0.211. The molecule has 0 aliphatic carbocycles. The van der Waals surface area contributed by atoms with Crippen LogP contribution in [0.1, 0.15) is 12.2 Å². The molecule has 5 rings (SSSR count). The van der Waals surface area contributed by atoms with E-state index in [2.05, 4.69) is 15.2 Å². The van der Waals surface area contributed by atoms with Crippen LogP contribution in [0.4, 0.5) is 15.9 Å². The monoisotopic (exact) mass is 349 g/mol. The molecule has 0 unspecified atom stereocenters. The zero-order valence-corrected chi connectivity index (χ0v) is 14.2. The smallest absolute Gasteiger partial charge is 0.257 e. The maximum atomic E-state index is 14.9. The number of nitrogens with zero attached hydrogens (tertiary/aromatic N) is 5. The molecule has 3 heterocycles. The molecular weight excluding hydrogens is 333 g/mol. The first kappa shape index (κ1) is 15.1. The molecule has 0 N–H and O–H groups in total. The molecule has 130 valence electrons. The van der Waals surface area contributed by atoms with Crippen LogP contribution in [-0.4, -0.2) is 32.7 Å². The van der Waals surface area contributed by atoms with Gasteiger partial charge in [-0.15, -0.1) is 10.2 Å². The Balaban J connectivity index is 1.87. The average Bonchev–Trinajstić information content (AvgIpc) is 2.90. The van der Waals surface area contributed by atoms with Gasteiger partial charge < -0.3 is 9.64 Å². The first-order chi connectivity index (χ1) is 12.7. The first-order valence-corrected chi connectivity index (χ1v) is 8.53. The summed E-state index contributed by atoms with van der Waals surface area (Å²) in [5.41, 5.74) is 1.58. The van der Waals surface area contributed by atoms with Crippen LogP contribution in [0, 0.1) is 12.7 Å². The molecule has 4 aromatic rings. The number of fused-ring (bicyclic) bond motifs is 4. The van der Waals surface area contributed by atoms with E-state index in [1.54, 1.807) is 10.5 Å². The molecular formula is C19H16FN5O. The molecule has 2 aromatic heterocycles. The lowest BCUT2D eigenvalue weighted by Gasteiger charge is -2.24. The summed E-state index contributed by atoms with van der Waals surface area (Å²) in [5.74, 6) is 2.12. The summed E-state index contributed by atoms with van der Waals surface area (Å²) in [4.78, 5) is 6.68. The van der Waals surface area contributed by atoms with E-state index in [0.717, 1.165) is 17.9 Å². The van der Waals surface area contributed by atoms with Gasteiger partial charge in [0.2, 0.25) is 0 Å². The van der Waals surface area contributed by atoms with Crippen molar-refractivity contribution in [3.63, 3.8) is 0 Å². The third-order valence-electron chi connectivity index (χ3n) is 4.67. The van der Waals surface area contributed by atoms with Crippen LogP contribution in [-0.2, 0) is 0 Å². The molecule has 0 fully saturated rings. The van der Waals surface area contributed by atoms with Crippen molar-refractivity contribution < 1.29 is 9.13 Å². The van der Waals surface area contributed by atoms with Gasteiger partial charge in [-0.3, -0.25) is 4.40 Å². The Morgan fingerprint density at radius 2 is 1.96 bits per heavy atom. The van der Waals surface area contributed by atoms with Crippen LogP contribution in [0.5, 0.6) is 5.75 Å². The number of ether oxygens (including phenoxy) is 1. The van der Waals surface area contributed by atoms with Crippen LogP contribution < -0.4 is 9.64 Å². The van der Waals surface area contributed by atoms with Crippen LogP contribution in [0.15, 0.2) is 42.5 Å². The summed E-state index contributed by atoms with van der Waals surface area (Å²) in [6.07, 6.45) is 0.809. The molecule has 0 saturated carbocycles. The molecule has 0 amide bonds. The van der Waals surface area contributed by atoms with E-state index in [1.165, 1.54) is 6.07 Å². The number of anilines is 2. The van der Waals surface area contributed by atoms with E-state index >= 15 is 0 Å². The molecule has 7 heteroatoms. The van der Waals surface area contributed by atoms with E-state index in [9.17, 15) is 4.39 Å². The van der Waals surface area contributed by atoms with Gasteiger partial charge in [0.25, 0.3) is 5.78 Å². The summed E-state index contributed by atoms with van der Waals surface area (Å²) in [6, 6.07) is 12.8. The highest BCUT2D eigenvalue weighted by Gasteiger charge is 2.24. The van der Waals surface area contributed by atoms with Crippen LogP contribution in [0.3, 0.4) is 0 Å². The van der Waals surface area contributed by atoms with Gasteiger partial charge >= 0.3 is 0 Å². The number of benzene rings is 2. The van der Waals surface area contributed by atoms with Crippen molar-refractivity contribution in [2.45, 2.75) is 13.3 Å². The molecule has 0 atom stereocenters. The second-order valence-corrected chi connectivity index (χ2v) is 6.27. The van der Waals surface area contributed by atoms with E-state index in [-0.39, 0.29) is 5.82 Å². The van der Waals surface area contributed by atoms with Gasteiger partial charge in [0, 0.05) is 6.54 Å². The van der Waals surface area contributed by atoms with Crippen molar-refractivity contribution in [2.75, 3.05) is 18.1 Å². The van der Waals surface area contributed by atoms with Gasteiger partial charge in [0.15, 0.2) is 0 Å². The molecule has 0 spiro atoms. The highest BCUT2D eigenvalue weighted by Crippen LogP contribution is 2.38. The number of aryl methyl sites for hydroxylation is 1. The van der Waals surface area contributed by atoms with Crippen molar-refractivity contribution in [1.82, 2.24) is 19.6 Å². The number of hydrogen-bond acceptors (Lipinski definition) is 5. The SMILES string of the molecule is Cc1nnc2nc(N3CCCOc4ccccc43)c3c(F)cccc3n12. The predicted octanol–water partition coefficient (Wildman–Crippen LogP) is 3.65. The molecule has 6 nitrogen and oxygen atoms in total. The van der Waals surface area contributed by atoms with Gasteiger partial charge in [-0.1, -0.05) is 18.2 Å². The van der Waals surface area contributed by atoms with E-state index < -0.39 is 0 Å². The number of aromatic nitrogens is 4. The van der Waals surface area contributed by atoms with Crippen molar-refractivity contribution in [3.05, 3.63) is 54.1 Å². The topological polar surface area (TPSA) is 55.5 Å². The van der Waals surface area contributed by atoms with E-state index in [0.29, 0.717) is 41.5 Å². The zero-order valence-electron chi connectivity index (χ0n) is 14.2. The molecule has 0 saturated heterocycles. The Labute approximate surface area is 148 Å². The Kier molecular flexibility index (Phi) is 3.28. The molecule has 1 aliphatic heterocycles. The Bertz CT molecular complexity index is 1140. The fourth-order valence-corrected chi connectivity index (χ4v) is 3.52. The standard InChI is InChI=1S/C19H16FN5O/c1-12-22-23-19-21-18(17-13(20)6-4-8-15(17)25(12)19)24-10-5-11-26-16-9-3-2-7-14(16)24/h2-4,6-9H,5,10-11H2,1H3. The molecule has 0 radical (unpaired) electrons. The second-order valence-electron chi connectivity index (χ2n) is 6.27. The fourth-order valence-electron chi connectivity index (χ4n) is 3.52. The molecule has 0 bridgehead atoms. The van der Waals surface area contributed by atoms with Crippen LogP contribution in [0.2, 0.25) is 0 Å². The first-order valence-electron chi connectivity index (χ1n) is 8.53. The minimum absolute atomic E-state index is 0.317. The highest BCUT2D eigenvalue weighted by molar-refractivity contribution is 5.94. The quantitative estimate of drug-likeness (QED) is 0.525. The van der Waals surface area contributed by atoms with Crippen LogP contribution in [0.25, 0.3) is 16.7 Å². The number of para-hydroxylation sites is 2. The van der Waals surface area contributed by atoms with Crippen molar-refractivity contribution in [3.8, 4) is 5.75 Å². The summed E-state index contributed by atoms with van der Waals surface area (Å²) >= 11 is 0. The third-order valence-corrected chi connectivity index (χ3v) is 4.67. The molecule has 26 heavy (non-hydrogen) atoms. The third kappa shape index (κ3) is 2.13. The molecule has 1 aliphatic rings. The predicted molar refractivity (Wildman–Crippen MR) is 96.5 cm³/mol. The lowest BCUT2D eigenvalue weighted by Crippen LogP contribution is -2.20. The average molecular weight is 349 g/mol. The minimum Gasteiger partial charge on any atom is -0.491 e. The molecule has 2 aromatic carbocycles. The van der Waals surface area contributed by atoms with E-state index in [1.807, 2.05) is 42.2 Å². The maximum absolute atomic E-state index is 14.9. The lowest BCUT2D eigenvalue weighted by molar-refractivity contribution is 0.322. The van der Waals surface area contributed by atoms with Gasteiger partial charge in [-0.05, 0) is 37.6 Å². The van der Waals surface area contributed by atoms with Gasteiger partial charge in [-0.25, -0.2) is 4.39 Å². The normalized spacial score (nSPS) is 14.3. The largest absolute Gasteiger partial charge is 0.491 e. The second kappa shape index (κ2) is 5.66. The van der Waals surface area contributed by atoms with Gasteiger partial charge in [-0.2, -0.15) is 4.98 Å². The Morgan fingerprint density at radius 3 is 2.88 bits per heavy atom. The van der Waals surface area contributed by atoms with Crippen molar-refractivity contribution >= 4 is 28.2 Å². The number of halogens is 1.